The number of hydrogen-bond acceptors (Lipinski definition) is 0. The molecule has 1 N–H and O–H groups in total. The molecule has 0 spiro atoms. The fourth-order valence-corrected chi connectivity index (χ4v) is 0.845. The average molecular weight is 128 g/mol. The molecule has 0 heterocycles. The van der Waals surface area contributed by atoms with Gasteiger partial charge in [0, 0.05) is 6.04 Å². The Kier molecular flexibility index (Phi) is 6.06. The van der Waals surface area contributed by atoms with Gasteiger partial charge in [0.05, 0.1) is 0 Å². The summed E-state index contributed by atoms with van der Waals surface area (Å²) in [4.78, 5) is 0. The van der Waals surface area contributed by atoms with Crippen molar-refractivity contribution in [2.75, 3.05) is 0 Å². The summed E-state index contributed by atoms with van der Waals surface area (Å²) < 4.78 is 0. The van der Waals surface area contributed by atoms with Gasteiger partial charge in [0.25, 0.3) is 0 Å². The molecular formula is C8H18N. The molecule has 1 radical (unpaired) electrons. The minimum absolute atomic E-state index is 0.205. The van der Waals surface area contributed by atoms with Gasteiger partial charge in [0.1, 0.15) is 0 Å². The summed E-state index contributed by atoms with van der Waals surface area (Å²) >= 11 is 0. The fraction of sp³-hybridized carbons (Fsp3) is 1.00. The molecule has 55 valence electrons. The highest BCUT2D eigenvalue weighted by atomic mass is 14.6. The Labute approximate surface area is 58.6 Å². The molecule has 0 aromatic rings. The van der Waals surface area contributed by atoms with Gasteiger partial charge in [-0.15, -0.1) is 0 Å². The smallest absolute Gasteiger partial charge is 0.0210 e. The zero-order valence-corrected chi connectivity index (χ0v) is 6.61. The Hall–Kier alpha value is -0.0400. The molecule has 1 atom stereocenters. The van der Waals surface area contributed by atoms with Gasteiger partial charge >= 0.3 is 0 Å². The first-order chi connectivity index (χ1) is 4.31. The van der Waals surface area contributed by atoms with Gasteiger partial charge in [0.2, 0.25) is 0 Å². The maximum absolute atomic E-state index is 7.40. The zero-order chi connectivity index (χ0) is 7.11. The van der Waals surface area contributed by atoms with E-state index in [1.807, 2.05) is 0 Å². The van der Waals surface area contributed by atoms with E-state index in [1.54, 1.807) is 0 Å². The molecule has 0 aromatic heterocycles. The topological polar surface area (TPSA) is 23.8 Å². The maximum Gasteiger partial charge on any atom is 0.0210 e. The Morgan fingerprint density at radius 3 is 2.33 bits per heavy atom. The van der Waals surface area contributed by atoms with Crippen LogP contribution in [0.5, 0.6) is 0 Å². The molecule has 0 amide bonds. The van der Waals surface area contributed by atoms with Crippen LogP contribution in [0.1, 0.15) is 46.0 Å². The van der Waals surface area contributed by atoms with E-state index < -0.39 is 0 Å². The summed E-state index contributed by atoms with van der Waals surface area (Å²) in [6, 6.07) is 0.205. The van der Waals surface area contributed by atoms with E-state index in [0.29, 0.717) is 0 Å². The van der Waals surface area contributed by atoms with Crippen molar-refractivity contribution >= 4 is 0 Å². The molecule has 1 nitrogen and oxygen atoms in total. The Bertz CT molecular complexity index is 52.5. The summed E-state index contributed by atoms with van der Waals surface area (Å²) in [6.07, 6.45) is 5.94. The van der Waals surface area contributed by atoms with Crippen LogP contribution in [0.3, 0.4) is 0 Å². The SMILES string of the molecule is CCCCCC([NH])CC. The summed E-state index contributed by atoms with van der Waals surface area (Å²) in [6.45, 7) is 4.29. The van der Waals surface area contributed by atoms with Gasteiger partial charge in [-0.1, -0.05) is 33.1 Å². The third kappa shape index (κ3) is 5.84. The predicted molar refractivity (Wildman–Crippen MR) is 41.3 cm³/mol. The molecule has 0 bridgehead atoms. The maximum atomic E-state index is 7.40. The van der Waals surface area contributed by atoms with Crippen LogP contribution < -0.4 is 5.73 Å². The van der Waals surface area contributed by atoms with Crippen LogP contribution in [0.4, 0.5) is 0 Å². The van der Waals surface area contributed by atoms with Crippen LogP contribution in [0.2, 0.25) is 0 Å². The molecule has 0 saturated heterocycles. The third-order valence-electron chi connectivity index (χ3n) is 1.65. The van der Waals surface area contributed by atoms with Gasteiger partial charge < -0.3 is 0 Å². The molecule has 0 fully saturated rings. The van der Waals surface area contributed by atoms with Crippen molar-refractivity contribution < 1.29 is 0 Å². The Morgan fingerprint density at radius 2 is 1.89 bits per heavy atom. The van der Waals surface area contributed by atoms with Crippen LogP contribution in [0.25, 0.3) is 0 Å². The lowest BCUT2D eigenvalue weighted by Gasteiger charge is -2.04. The van der Waals surface area contributed by atoms with Gasteiger partial charge in [-0.3, -0.25) is 5.73 Å². The highest BCUT2D eigenvalue weighted by Crippen LogP contribution is 2.04. The Morgan fingerprint density at radius 1 is 1.22 bits per heavy atom. The summed E-state index contributed by atoms with van der Waals surface area (Å²) in [5.74, 6) is 0. The summed E-state index contributed by atoms with van der Waals surface area (Å²) in [5, 5.41) is 0. The van der Waals surface area contributed by atoms with E-state index in [4.69, 9.17) is 5.73 Å². The molecule has 0 saturated carbocycles. The second-order valence-electron chi connectivity index (χ2n) is 2.60. The van der Waals surface area contributed by atoms with Crippen LogP contribution in [0, 0.1) is 0 Å². The normalized spacial score (nSPS) is 13.7. The van der Waals surface area contributed by atoms with Gasteiger partial charge in [0.15, 0.2) is 0 Å². The van der Waals surface area contributed by atoms with E-state index in [0.717, 1.165) is 12.8 Å². The highest BCUT2D eigenvalue weighted by molar-refractivity contribution is 4.56. The second-order valence-corrected chi connectivity index (χ2v) is 2.60. The van der Waals surface area contributed by atoms with Gasteiger partial charge in [-0.25, -0.2) is 0 Å². The van der Waals surface area contributed by atoms with Crippen molar-refractivity contribution in [1.29, 1.82) is 0 Å². The van der Waals surface area contributed by atoms with Crippen molar-refractivity contribution in [2.45, 2.75) is 52.0 Å². The molecular weight excluding hydrogens is 110 g/mol. The van der Waals surface area contributed by atoms with Crippen molar-refractivity contribution in [1.82, 2.24) is 5.73 Å². The standard InChI is InChI=1S/C8H18N/c1-3-5-6-7-8(9)4-2/h8-9H,3-7H2,1-2H3. The van der Waals surface area contributed by atoms with Crippen LogP contribution in [-0.4, -0.2) is 6.04 Å². The van der Waals surface area contributed by atoms with Crippen molar-refractivity contribution in [3.05, 3.63) is 0 Å². The molecule has 1 heteroatoms. The quantitative estimate of drug-likeness (QED) is 0.508. The largest absolute Gasteiger partial charge is 0.255 e. The minimum Gasteiger partial charge on any atom is -0.255 e. The van der Waals surface area contributed by atoms with Crippen molar-refractivity contribution in [2.24, 2.45) is 0 Å². The van der Waals surface area contributed by atoms with E-state index in [2.05, 4.69) is 13.8 Å². The second kappa shape index (κ2) is 6.09. The summed E-state index contributed by atoms with van der Waals surface area (Å²) in [7, 11) is 0. The predicted octanol–water partition coefficient (Wildman–Crippen LogP) is 2.63. The molecule has 1 unspecified atom stereocenters. The van der Waals surface area contributed by atoms with E-state index >= 15 is 0 Å². The van der Waals surface area contributed by atoms with Crippen LogP contribution in [-0.2, 0) is 0 Å². The monoisotopic (exact) mass is 128 g/mol. The molecule has 0 aromatic carbocycles. The van der Waals surface area contributed by atoms with Crippen molar-refractivity contribution in [3.8, 4) is 0 Å². The van der Waals surface area contributed by atoms with Crippen LogP contribution in [0.15, 0.2) is 0 Å². The van der Waals surface area contributed by atoms with Gasteiger partial charge in [-0.2, -0.15) is 0 Å². The van der Waals surface area contributed by atoms with E-state index in [-0.39, 0.29) is 6.04 Å². The van der Waals surface area contributed by atoms with Crippen LogP contribution >= 0.6 is 0 Å². The summed E-state index contributed by atoms with van der Waals surface area (Å²) in [5.41, 5.74) is 7.40. The van der Waals surface area contributed by atoms with E-state index in [9.17, 15) is 0 Å². The molecule has 0 rings (SSSR count). The van der Waals surface area contributed by atoms with Crippen molar-refractivity contribution in [3.63, 3.8) is 0 Å². The fourth-order valence-electron chi connectivity index (χ4n) is 0.845. The molecule has 0 aliphatic carbocycles. The minimum atomic E-state index is 0.205. The Balaban J connectivity index is 2.88. The molecule has 0 aliphatic heterocycles. The first kappa shape index (κ1) is 8.96. The molecule has 9 heavy (non-hydrogen) atoms. The average Bonchev–Trinajstić information content (AvgIpc) is 1.89. The first-order valence-corrected chi connectivity index (χ1v) is 4.02. The van der Waals surface area contributed by atoms with E-state index in [1.165, 1.54) is 19.3 Å². The van der Waals surface area contributed by atoms with Gasteiger partial charge in [-0.05, 0) is 12.8 Å². The number of unbranched alkanes of at least 4 members (excludes halogenated alkanes) is 2. The highest BCUT2D eigenvalue weighted by Gasteiger charge is 1.97. The lowest BCUT2D eigenvalue weighted by atomic mass is 10.1. The molecule has 0 aliphatic rings. The number of rotatable bonds is 5. The lowest BCUT2D eigenvalue weighted by molar-refractivity contribution is 0.536. The first-order valence-electron chi connectivity index (χ1n) is 4.02. The number of nitrogens with one attached hydrogen (secondary N) is 1. The zero-order valence-electron chi connectivity index (χ0n) is 6.61. The third-order valence-corrected chi connectivity index (χ3v) is 1.65. The lowest BCUT2D eigenvalue weighted by Crippen LogP contribution is -2.05. The number of hydrogen-bond donors (Lipinski definition) is 0.